The molecule has 0 spiro atoms. The van der Waals surface area contributed by atoms with Crippen molar-refractivity contribution in [2.75, 3.05) is 6.54 Å². The van der Waals surface area contributed by atoms with Crippen LogP contribution in [0.2, 0.25) is 0 Å². The summed E-state index contributed by atoms with van der Waals surface area (Å²) >= 11 is 0. The van der Waals surface area contributed by atoms with Gasteiger partial charge in [-0.25, -0.2) is 8.42 Å². The number of amides is 2. The van der Waals surface area contributed by atoms with Crippen LogP contribution >= 0.6 is 0 Å². The Hall–Kier alpha value is -1.74. The number of hydrogen-bond donors (Lipinski definition) is 1. The van der Waals surface area contributed by atoms with E-state index in [1.54, 1.807) is 14.0 Å². The summed E-state index contributed by atoms with van der Waals surface area (Å²) in [6.45, 7) is 1.33. The highest BCUT2D eigenvalue weighted by molar-refractivity contribution is 7.89. The zero-order valence-electron chi connectivity index (χ0n) is 10.5. The molecule has 9 heteroatoms. The number of carbonyl (C=O) groups is 2. The summed E-state index contributed by atoms with van der Waals surface area (Å²) in [5.41, 5.74) is 0. The minimum Gasteiger partial charge on any atom is -0.294 e. The van der Waals surface area contributed by atoms with Crippen molar-refractivity contribution in [2.45, 2.75) is 24.3 Å². The molecule has 2 heterocycles. The summed E-state index contributed by atoms with van der Waals surface area (Å²) in [7, 11) is -2.31. The fourth-order valence-corrected chi connectivity index (χ4v) is 3.56. The molecule has 1 aromatic rings. The molecule has 0 aliphatic carbocycles. The van der Waals surface area contributed by atoms with Crippen molar-refractivity contribution in [3.8, 4) is 0 Å². The van der Waals surface area contributed by atoms with Crippen LogP contribution in [-0.4, -0.2) is 46.9 Å². The van der Waals surface area contributed by atoms with Gasteiger partial charge in [0.2, 0.25) is 21.8 Å². The first kappa shape index (κ1) is 13.7. The standard InChI is InChI=1S/C10H14N4O4S/c1-3-8-10(16)12-9(15)6-14(8)19(17,18)7-4-11-13(2)5-7/h4-5,8H,3,6H2,1-2H3,(H,12,15,16). The Morgan fingerprint density at radius 1 is 1.47 bits per heavy atom. The lowest BCUT2D eigenvalue weighted by atomic mass is 10.2. The van der Waals surface area contributed by atoms with Gasteiger partial charge in [-0.3, -0.25) is 19.6 Å². The molecule has 1 saturated heterocycles. The Balaban J connectivity index is 2.42. The van der Waals surface area contributed by atoms with Gasteiger partial charge in [0, 0.05) is 13.2 Å². The largest absolute Gasteiger partial charge is 0.294 e. The molecular weight excluding hydrogens is 272 g/mol. The molecule has 0 saturated carbocycles. The maximum atomic E-state index is 12.4. The van der Waals surface area contributed by atoms with Crippen LogP contribution < -0.4 is 5.32 Å². The third-order valence-electron chi connectivity index (χ3n) is 2.89. The second-order valence-corrected chi connectivity index (χ2v) is 6.13. The quantitative estimate of drug-likeness (QED) is 0.707. The van der Waals surface area contributed by atoms with E-state index in [4.69, 9.17) is 0 Å². The molecular formula is C10H14N4O4S. The Bertz CT molecular complexity index is 621. The Kier molecular flexibility index (Phi) is 3.42. The molecule has 1 unspecified atom stereocenters. The normalized spacial score (nSPS) is 21.5. The lowest BCUT2D eigenvalue weighted by Crippen LogP contribution is -2.59. The first-order valence-electron chi connectivity index (χ1n) is 5.70. The van der Waals surface area contributed by atoms with Gasteiger partial charge in [-0.2, -0.15) is 9.40 Å². The first-order valence-corrected chi connectivity index (χ1v) is 7.14. The number of nitrogens with one attached hydrogen (secondary N) is 1. The number of hydrogen-bond acceptors (Lipinski definition) is 5. The van der Waals surface area contributed by atoms with E-state index in [0.717, 1.165) is 4.31 Å². The summed E-state index contributed by atoms with van der Waals surface area (Å²) in [6.07, 6.45) is 2.82. The highest BCUT2D eigenvalue weighted by Gasteiger charge is 2.40. The van der Waals surface area contributed by atoms with Crippen molar-refractivity contribution in [1.82, 2.24) is 19.4 Å². The van der Waals surface area contributed by atoms with Crippen molar-refractivity contribution in [1.29, 1.82) is 0 Å². The molecule has 0 aromatic carbocycles. The average Bonchev–Trinajstić information content (AvgIpc) is 2.75. The van der Waals surface area contributed by atoms with Crippen LogP contribution in [0.15, 0.2) is 17.3 Å². The van der Waals surface area contributed by atoms with Crippen molar-refractivity contribution < 1.29 is 18.0 Å². The molecule has 1 N–H and O–H groups in total. The SMILES string of the molecule is CCC1C(=O)NC(=O)CN1S(=O)(=O)c1cnn(C)c1. The van der Waals surface area contributed by atoms with Gasteiger partial charge in [-0.15, -0.1) is 0 Å². The number of sulfonamides is 1. The molecule has 1 aromatic heterocycles. The van der Waals surface area contributed by atoms with E-state index in [2.05, 4.69) is 10.4 Å². The molecule has 19 heavy (non-hydrogen) atoms. The Labute approximate surface area is 110 Å². The van der Waals surface area contributed by atoms with Gasteiger partial charge in [0.25, 0.3) is 0 Å². The van der Waals surface area contributed by atoms with E-state index < -0.39 is 27.9 Å². The number of piperazine rings is 1. The van der Waals surface area contributed by atoms with E-state index in [0.29, 0.717) is 6.42 Å². The van der Waals surface area contributed by atoms with Gasteiger partial charge in [-0.1, -0.05) is 6.92 Å². The van der Waals surface area contributed by atoms with E-state index in [1.165, 1.54) is 17.1 Å². The average molecular weight is 286 g/mol. The summed E-state index contributed by atoms with van der Waals surface area (Å²) in [4.78, 5) is 23.0. The molecule has 2 amide bonds. The molecule has 2 rings (SSSR count). The van der Waals surface area contributed by atoms with Gasteiger partial charge in [-0.05, 0) is 6.42 Å². The molecule has 0 radical (unpaired) electrons. The number of carbonyl (C=O) groups excluding carboxylic acids is 2. The van der Waals surface area contributed by atoms with Crippen LogP contribution in [-0.2, 0) is 26.7 Å². The maximum Gasteiger partial charge on any atom is 0.247 e. The third-order valence-corrected chi connectivity index (χ3v) is 4.69. The summed E-state index contributed by atoms with van der Waals surface area (Å²) in [5.74, 6) is -1.21. The molecule has 8 nitrogen and oxygen atoms in total. The molecule has 1 fully saturated rings. The van der Waals surface area contributed by atoms with Crippen molar-refractivity contribution >= 4 is 21.8 Å². The van der Waals surface area contributed by atoms with Gasteiger partial charge in [0.05, 0.1) is 12.7 Å². The fourth-order valence-electron chi connectivity index (χ4n) is 1.95. The second kappa shape index (κ2) is 4.74. The van der Waals surface area contributed by atoms with Gasteiger partial charge >= 0.3 is 0 Å². The van der Waals surface area contributed by atoms with E-state index in [9.17, 15) is 18.0 Å². The van der Waals surface area contributed by atoms with Gasteiger partial charge < -0.3 is 0 Å². The van der Waals surface area contributed by atoms with Crippen LogP contribution in [0.1, 0.15) is 13.3 Å². The number of aryl methyl sites for hydroxylation is 1. The van der Waals surface area contributed by atoms with Crippen LogP contribution in [0.25, 0.3) is 0 Å². The predicted molar refractivity (Wildman–Crippen MR) is 64.3 cm³/mol. The predicted octanol–water partition coefficient (Wildman–Crippen LogP) is -1.15. The molecule has 1 atom stereocenters. The highest BCUT2D eigenvalue weighted by Crippen LogP contribution is 2.20. The molecule has 0 bridgehead atoms. The number of aromatic nitrogens is 2. The molecule has 1 aliphatic heterocycles. The minimum absolute atomic E-state index is 0.0315. The molecule has 104 valence electrons. The number of imide groups is 1. The van der Waals surface area contributed by atoms with Crippen LogP contribution in [0.5, 0.6) is 0 Å². The van der Waals surface area contributed by atoms with Crippen LogP contribution in [0, 0.1) is 0 Å². The van der Waals surface area contributed by atoms with E-state index >= 15 is 0 Å². The lowest BCUT2D eigenvalue weighted by molar-refractivity contribution is -0.137. The summed E-state index contributed by atoms with van der Waals surface area (Å²) in [6, 6.07) is -0.872. The summed E-state index contributed by atoms with van der Waals surface area (Å²) < 4.78 is 27.1. The fraction of sp³-hybridized carbons (Fsp3) is 0.500. The zero-order chi connectivity index (χ0) is 14.2. The zero-order valence-corrected chi connectivity index (χ0v) is 11.3. The molecule has 1 aliphatic rings. The van der Waals surface area contributed by atoms with Crippen LogP contribution in [0.3, 0.4) is 0 Å². The first-order chi connectivity index (χ1) is 8.86. The van der Waals surface area contributed by atoms with Crippen LogP contribution in [0.4, 0.5) is 0 Å². The van der Waals surface area contributed by atoms with E-state index in [1.807, 2.05) is 0 Å². The van der Waals surface area contributed by atoms with Crippen molar-refractivity contribution in [2.24, 2.45) is 7.05 Å². The minimum atomic E-state index is -3.90. The van der Waals surface area contributed by atoms with Crippen molar-refractivity contribution in [3.05, 3.63) is 12.4 Å². The topological polar surface area (TPSA) is 101 Å². The highest BCUT2D eigenvalue weighted by atomic mass is 32.2. The number of rotatable bonds is 3. The third kappa shape index (κ3) is 2.38. The summed E-state index contributed by atoms with van der Waals surface area (Å²) in [5, 5.41) is 5.93. The van der Waals surface area contributed by atoms with Crippen molar-refractivity contribution in [3.63, 3.8) is 0 Å². The van der Waals surface area contributed by atoms with Gasteiger partial charge in [0.15, 0.2) is 0 Å². The Morgan fingerprint density at radius 3 is 2.68 bits per heavy atom. The second-order valence-electron chi connectivity index (χ2n) is 4.24. The smallest absolute Gasteiger partial charge is 0.247 e. The maximum absolute atomic E-state index is 12.4. The Morgan fingerprint density at radius 2 is 2.16 bits per heavy atom. The number of nitrogens with zero attached hydrogens (tertiary/aromatic N) is 3. The monoisotopic (exact) mass is 286 g/mol. The van der Waals surface area contributed by atoms with Gasteiger partial charge in [0.1, 0.15) is 10.9 Å². The lowest BCUT2D eigenvalue weighted by Gasteiger charge is -2.31. The van der Waals surface area contributed by atoms with E-state index in [-0.39, 0.29) is 11.4 Å².